The van der Waals surface area contributed by atoms with Gasteiger partial charge in [-0.3, -0.25) is 14.6 Å². The molecular formula is C20H24N4O2. The molecule has 1 aliphatic rings. The van der Waals surface area contributed by atoms with Gasteiger partial charge in [0.2, 0.25) is 0 Å². The van der Waals surface area contributed by atoms with Crippen LogP contribution < -0.4 is 5.32 Å². The number of aromatic nitrogens is 1. The molecule has 2 aromatic rings. The van der Waals surface area contributed by atoms with Crippen molar-refractivity contribution in [2.45, 2.75) is 13.8 Å². The van der Waals surface area contributed by atoms with Crippen molar-refractivity contribution >= 4 is 17.5 Å². The van der Waals surface area contributed by atoms with Crippen LogP contribution in [0.5, 0.6) is 0 Å². The summed E-state index contributed by atoms with van der Waals surface area (Å²) in [4.78, 5) is 33.5. The Morgan fingerprint density at radius 3 is 2.58 bits per heavy atom. The van der Waals surface area contributed by atoms with Crippen molar-refractivity contribution in [3.63, 3.8) is 0 Å². The Balaban J connectivity index is 1.69. The maximum Gasteiger partial charge on any atom is 0.272 e. The van der Waals surface area contributed by atoms with Crippen molar-refractivity contribution in [1.82, 2.24) is 14.8 Å². The van der Waals surface area contributed by atoms with Gasteiger partial charge in [0.15, 0.2) is 0 Å². The molecule has 0 atom stereocenters. The second-order valence-corrected chi connectivity index (χ2v) is 6.48. The number of rotatable bonds is 4. The molecule has 1 aliphatic heterocycles. The fraction of sp³-hybridized carbons (Fsp3) is 0.350. The monoisotopic (exact) mass is 352 g/mol. The van der Waals surface area contributed by atoms with Crippen LogP contribution in [0.1, 0.15) is 33.3 Å². The number of carbonyl (C=O) groups excluding carboxylic acids is 2. The van der Waals surface area contributed by atoms with E-state index in [0.29, 0.717) is 24.3 Å². The smallest absolute Gasteiger partial charge is 0.272 e. The fourth-order valence-corrected chi connectivity index (χ4v) is 3.04. The third kappa shape index (κ3) is 4.26. The molecule has 1 aromatic heterocycles. The van der Waals surface area contributed by atoms with Crippen LogP contribution in [0, 0.1) is 6.92 Å². The van der Waals surface area contributed by atoms with E-state index in [-0.39, 0.29) is 11.8 Å². The van der Waals surface area contributed by atoms with Crippen LogP contribution in [0.4, 0.5) is 5.69 Å². The number of pyridine rings is 1. The topological polar surface area (TPSA) is 65.5 Å². The van der Waals surface area contributed by atoms with E-state index in [1.165, 1.54) is 6.20 Å². The number of aryl methyl sites for hydroxylation is 1. The zero-order chi connectivity index (χ0) is 18.5. The van der Waals surface area contributed by atoms with Crippen molar-refractivity contribution in [3.05, 3.63) is 59.4 Å². The summed E-state index contributed by atoms with van der Waals surface area (Å²) in [7, 11) is 0. The van der Waals surface area contributed by atoms with Crippen LogP contribution in [0.2, 0.25) is 0 Å². The first-order valence-corrected chi connectivity index (χ1v) is 8.92. The van der Waals surface area contributed by atoms with E-state index in [4.69, 9.17) is 0 Å². The lowest BCUT2D eigenvalue weighted by Crippen LogP contribution is -2.48. The van der Waals surface area contributed by atoms with E-state index in [0.717, 1.165) is 30.9 Å². The second kappa shape index (κ2) is 8.10. The summed E-state index contributed by atoms with van der Waals surface area (Å²) >= 11 is 0. The van der Waals surface area contributed by atoms with Gasteiger partial charge < -0.3 is 15.1 Å². The summed E-state index contributed by atoms with van der Waals surface area (Å²) in [5.74, 6) is -0.367. The van der Waals surface area contributed by atoms with Crippen molar-refractivity contribution in [2.24, 2.45) is 0 Å². The van der Waals surface area contributed by atoms with Crippen LogP contribution in [-0.2, 0) is 0 Å². The normalized spacial score (nSPS) is 14.9. The van der Waals surface area contributed by atoms with Crippen molar-refractivity contribution in [1.29, 1.82) is 0 Å². The zero-order valence-corrected chi connectivity index (χ0v) is 15.2. The summed E-state index contributed by atoms with van der Waals surface area (Å²) in [6.07, 6.45) is 1.51. The largest absolute Gasteiger partial charge is 0.335 e. The van der Waals surface area contributed by atoms with Crippen molar-refractivity contribution < 1.29 is 9.59 Å². The zero-order valence-electron chi connectivity index (χ0n) is 15.2. The quantitative estimate of drug-likeness (QED) is 0.918. The molecule has 6 heteroatoms. The SMILES string of the molecule is CCN1CCN(C(=O)c2cc(C(=O)Nc3cccc(C)c3)ccn2)CC1. The van der Waals surface area contributed by atoms with Gasteiger partial charge in [0.05, 0.1) is 0 Å². The third-order valence-corrected chi connectivity index (χ3v) is 4.62. The van der Waals surface area contributed by atoms with Gasteiger partial charge in [-0.05, 0) is 43.3 Å². The highest BCUT2D eigenvalue weighted by Crippen LogP contribution is 2.13. The maximum absolute atomic E-state index is 12.7. The molecule has 0 bridgehead atoms. The average Bonchev–Trinajstić information content (AvgIpc) is 2.67. The van der Waals surface area contributed by atoms with Crippen LogP contribution in [0.15, 0.2) is 42.6 Å². The second-order valence-electron chi connectivity index (χ2n) is 6.48. The Bertz CT molecular complexity index is 798. The highest BCUT2D eigenvalue weighted by atomic mass is 16.2. The number of nitrogens with one attached hydrogen (secondary N) is 1. The Kier molecular flexibility index (Phi) is 5.63. The molecule has 0 spiro atoms. The lowest BCUT2D eigenvalue weighted by Gasteiger charge is -2.33. The van der Waals surface area contributed by atoms with Crippen LogP contribution in [-0.4, -0.2) is 59.3 Å². The Morgan fingerprint density at radius 1 is 1.12 bits per heavy atom. The number of hydrogen-bond acceptors (Lipinski definition) is 4. The predicted octanol–water partition coefficient (Wildman–Crippen LogP) is 2.42. The van der Waals surface area contributed by atoms with Gasteiger partial charge in [0.25, 0.3) is 11.8 Å². The van der Waals surface area contributed by atoms with Crippen LogP contribution in [0.25, 0.3) is 0 Å². The lowest BCUT2D eigenvalue weighted by molar-refractivity contribution is 0.0637. The number of hydrogen-bond donors (Lipinski definition) is 1. The molecule has 6 nitrogen and oxygen atoms in total. The molecule has 0 aliphatic carbocycles. The third-order valence-electron chi connectivity index (χ3n) is 4.62. The predicted molar refractivity (Wildman–Crippen MR) is 101 cm³/mol. The molecule has 1 fully saturated rings. The minimum absolute atomic E-state index is 0.119. The molecule has 0 unspecified atom stereocenters. The van der Waals surface area contributed by atoms with Gasteiger partial charge in [-0.25, -0.2) is 0 Å². The summed E-state index contributed by atoms with van der Waals surface area (Å²) < 4.78 is 0. The highest BCUT2D eigenvalue weighted by molar-refractivity contribution is 6.05. The fourth-order valence-electron chi connectivity index (χ4n) is 3.04. The number of amides is 2. The molecule has 136 valence electrons. The van der Waals surface area contributed by atoms with Crippen molar-refractivity contribution in [3.8, 4) is 0 Å². The maximum atomic E-state index is 12.7. The van der Waals surface area contributed by atoms with Gasteiger partial charge in [0.1, 0.15) is 5.69 Å². The van der Waals surface area contributed by atoms with Crippen molar-refractivity contribution in [2.75, 3.05) is 38.0 Å². The first-order chi connectivity index (χ1) is 12.6. The minimum atomic E-state index is -0.247. The van der Waals surface area contributed by atoms with Gasteiger partial charge in [0, 0.05) is 43.6 Å². The highest BCUT2D eigenvalue weighted by Gasteiger charge is 2.22. The first-order valence-electron chi connectivity index (χ1n) is 8.92. The number of likely N-dealkylation sites (N-methyl/N-ethyl adjacent to an activating group) is 1. The number of carbonyl (C=O) groups is 2. The summed E-state index contributed by atoms with van der Waals surface area (Å²) in [6, 6.07) is 10.8. The van der Waals surface area contributed by atoms with E-state index in [9.17, 15) is 9.59 Å². The number of nitrogens with zero attached hydrogens (tertiary/aromatic N) is 3. The van der Waals surface area contributed by atoms with Gasteiger partial charge in [-0.1, -0.05) is 19.1 Å². The molecule has 3 rings (SSSR count). The summed E-state index contributed by atoms with van der Waals surface area (Å²) in [5, 5.41) is 2.86. The molecule has 1 N–H and O–H groups in total. The van der Waals surface area contributed by atoms with E-state index < -0.39 is 0 Å². The molecule has 26 heavy (non-hydrogen) atoms. The molecular weight excluding hydrogens is 328 g/mol. The van der Waals surface area contributed by atoms with E-state index >= 15 is 0 Å². The number of piperazine rings is 1. The van der Waals surface area contributed by atoms with E-state index in [2.05, 4.69) is 22.1 Å². The minimum Gasteiger partial charge on any atom is -0.335 e. The molecule has 0 saturated carbocycles. The summed E-state index contributed by atoms with van der Waals surface area (Å²) in [6.45, 7) is 8.20. The molecule has 2 amide bonds. The molecule has 1 aromatic carbocycles. The first kappa shape index (κ1) is 18.1. The number of benzene rings is 1. The summed E-state index contributed by atoms with van der Waals surface area (Å²) in [5.41, 5.74) is 2.54. The van der Waals surface area contributed by atoms with Gasteiger partial charge in [-0.15, -0.1) is 0 Å². The van der Waals surface area contributed by atoms with Gasteiger partial charge in [-0.2, -0.15) is 0 Å². The molecule has 0 radical (unpaired) electrons. The Morgan fingerprint density at radius 2 is 1.88 bits per heavy atom. The Labute approximate surface area is 153 Å². The van der Waals surface area contributed by atoms with E-state index in [1.807, 2.05) is 31.2 Å². The lowest BCUT2D eigenvalue weighted by atomic mass is 10.1. The average molecular weight is 352 g/mol. The Hall–Kier alpha value is -2.73. The molecule has 1 saturated heterocycles. The van der Waals surface area contributed by atoms with Crippen LogP contribution in [0.3, 0.4) is 0 Å². The van der Waals surface area contributed by atoms with Gasteiger partial charge >= 0.3 is 0 Å². The van der Waals surface area contributed by atoms with E-state index in [1.54, 1.807) is 17.0 Å². The molecule has 2 heterocycles. The number of anilines is 1. The standard InChI is InChI=1S/C20H24N4O2/c1-3-23-9-11-24(12-10-23)20(26)18-14-16(7-8-21-18)19(25)22-17-6-4-5-15(2)13-17/h4-8,13-14H,3,9-12H2,1-2H3,(H,22,25). The van der Waals surface area contributed by atoms with Crippen LogP contribution >= 0.6 is 0 Å².